The van der Waals surface area contributed by atoms with Crippen LogP contribution in [0.5, 0.6) is 0 Å². The second-order valence-corrected chi connectivity index (χ2v) is 5.83. The first kappa shape index (κ1) is 12.8. The highest BCUT2D eigenvalue weighted by Gasteiger charge is 2.39. The summed E-state index contributed by atoms with van der Waals surface area (Å²) in [5, 5.41) is 4.01. The van der Waals surface area contributed by atoms with Gasteiger partial charge in [0.15, 0.2) is 5.69 Å². The number of anilines is 1. The predicted octanol–water partition coefficient (Wildman–Crippen LogP) is 2.38. The monoisotopic (exact) mass is 297 g/mol. The first-order valence-corrected chi connectivity index (χ1v) is 7.05. The van der Waals surface area contributed by atoms with Crippen LogP contribution >= 0.6 is 0 Å². The average Bonchev–Trinajstić information content (AvgIpc) is 3.11. The fourth-order valence-electron chi connectivity index (χ4n) is 3.59. The summed E-state index contributed by atoms with van der Waals surface area (Å²) in [6, 6.07) is 1.09. The van der Waals surface area contributed by atoms with Crippen LogP contribution in [0, 0.1) is 11.8 Å². The molecule has 1 aliphatic heterocycles. The molecular weight excluding hydrogens is 283 g/mol. The molecule has 5 nitrogen and oxygen atoms in total. The first-order chi connectivity index (χ1) is 10.0. The van der Waals surface area contributed by atoms with Gasteiger partial charge in [-0.15, -0.1) is 0 Å². The van der Waals surface area contributed by atoms with Crippen molar-refractivity contribution in [1.82, 2.24) is 19.6 Å². The van der Waals surface area contributed by atoms with Crippen molar-refractivity contribution in [1.29, 1.82) is 0 Å². The summed E-state index contributed by atoms with van der Waals surface area (Å²) in [6.07, 6.45) is 0.324. The summed E-state index contributed by atoms with van der Waals surface area (Å²) in [6.45, 7) is 1.59. The van der Waals surface area contributed by atoms with E-state index in [9.17, 15) is 13.2 Å². The van der Waals surface area contributed by atoms with E-state index in [2.05, 4.69) is 15.1 Å². The van der Waals surface area contributed by atoms with Gasteiger partial charge in [-0.25, -0.2) is 4.98 Å². The molecule has 0 amide bonds. The second kappa shape index (κ2) is 4.32. The maximum Gasteiger partial charge on any atom is 0.433 e. The van der Waals surface area contributed by atoms with Crippen molar-refractivity contribution in [3.8, 4) is 0 Å². The van der Waals surface area contributed by atoms with Crippen molar-refractivity contribution in [2.45, 2.75) is 25.4 Å². The van der Waals surface area contributed by atoms with Crippen molar-refractivity contribution < 1.29 is 13.2 Å². The van der Waals surface area contributed by atoms with Gasteiger partial charge in [0.2, 0.25) is 0 Å². The molecule has 1 aliphatic carbocycles. The summed E-state index contributed by atoms with van der Waals surface area (Å²) < 4.78 is 40.3. The molecule has 0 aromatic carbocycles. The molecule has 8 heteroatoms. The van der Waals surface area contributed by atoms with Crippen molar-refractivity contribution >= 4 is 11.6 Å². The van der Waals surface area contributed by atoms with E-state index in [0.717, 1.165) is 19.2 Å². The van der Waals surface area contributed by atoms with Gasteiger partial charge in [0.05, 0.1) is 0 Å². The summed E-state index contributed by atoms with van der Waals surface area (Å²) >= 11 is 0. The highest BCUT2D eigenvalue weighted by atomic mass is 19.4. The van der Waals surface area contributed by atoms with Crippen LogP contribution in [0.2, 0.25) is 0 Å². The summed E-state index contributed by atoms with van der Waals surface area (Å²) in [5.41, 5.74) is -0.907. The van der Waals surface area contributed by atoms with Gasteiger partial charge in [0.1, 0.15) is 12.1 Å². The third-order valence-corrected chi connectivity index (χ3v) is 4.57. The minimum atomic E-state index is -4.47. The molecule has 0 N–H and O–H groups in total. The quantitative estimate of drug-likeness (QED) is 0.811. The minimum Gasteiger partial charge on any atom is -0.356 e. The molecule has 2 aliphatic rings. The standard InChI is InChI=1S/C13H14F3N5/c14-13(15,16)10-4-11(21-12(19-10)17-7-18-21)20-5-8-2-1-3-9(8)6-20/h4,7-9H,1-3,5-6H2. The zero-order valence-corrected chi connectivity index (χ0v) is 11.2. The molecule has 0 spiro atoms. The number of fused-ring (bicyclic) bond motifs is 2. The predicted molar refractivity (Wildman–Crippen MR) is 68.8 cm³/mol. The summed E-state index contributed by atoms with van der Waals surface area (Å²) in [4.78, 5) is 9.35. The Hall–Kier alpha value is -1.86. The number of halogens is 3. The lowest BCUT2D eigenvalue weighted by Gasteiger charge is -2.21. The molecule has 4 rings (SSSR count). The van der Waals surface area contributed by atoms with Gasteiger partial charge in [-0.2, -0.15) is 27.8 Å². The highest BCUT2D eigenvalue weighted by Crippen LogP contribution is 2.40. The SMILES string of the molecule is FC(F)(F)c1cc(N2CC3CCCC3C2)n2ncnc2n1. The van der Waals surface area contributed by atoms with Gasteiger partial charge in [-0.1, -0.05) is 6.42 Å². The van der Waals surface area contributed by atoms with E-state index >= 15 is 0 Å². The van der Waals surface area contributed by atoms with Crippen LogP contribution < -0.4 is 4.90 Å². The average molecular weight is 297 g/mol. The van der Waals surface area contributed by atoms with Gasteiger partial charge in [-0.3, -0.25) is 0 Å². The van der Waals surface area contributed by atoms with Gasteiger partial charge < -0.3 is 4.90 Å². The number of aromatic nitrogens is 4. The number of hydrogen-bond acceptors (Lipinski definition) is 4. The highest BCUT2D eigenvalue weighted by molar-refractivity contribution is 5.49. The Balaban J connectivity index is 1.78. The third-order valence-electron chi connectivity index (χ3n) is 4.57. The zero-order valence-electron chi connectivity index (χ0n) is 11.2. The van der Waals surface area contributed by atoms with Crippen molar-refractivity contribution in [2.75, 3.05) is 18.0 Å². The topological polar surface area (TPSA) is 46.3 Å². The molecule has 2 atom stereocenters. The van der Waals surface area contributed by atoms with Gasteiger partial charge in [0.25, 0.3) is 5.78 Å². The van der Waals surface area contributed by atoms with Crippen molar-refractivity contribution in [2.24, 2.45) is 11.8 Å². The fourth-order valence-corrected chi connectivity index (χ4v) is 3.59. The summed E-state index contributed by atoms with van der Waals surface area (Å²) in [7, 11) is 0. The van der Waals surface area contributed by atoms with E-state index in [0.29, 0.717) is 17.7 Å². The second-order valence-electron chi connectivity index (χ2n) is 5.83. The van der Waals surface area contributed by atoms with Crippen LogP contribution in [-0.2, 0) is 6.18 Å². The van der Waals surface area contributed by atoms with Crippen LogP contribution in [0.4, 0.5) is 19.0 Å². The zero-order chi connectivity index (χ0) is 14.6. The Morgan fingerprint density at radius 3 is 2.52 bits per heavy atom. The number of hydrogen-bond donors (Lipinski definition) is 0. The fraction of sp³-hybridized carbons (Fsp3) is 0.615. The number of nitrogens with zero attached hydrogens (tertiary/aromatic N) is 5. The Morgan fingerprint density at radius 2 is 1.86 bits per heavy atom. The van der Waals surface area contributed by atoms with E-state index in [1.807, 2.05) is 4.90 Å². The molecular formula is C13H14F3N5. The molecule has 2 aromatic heterocycles. The van der Waals surface area contributed by atoms with Crippen LogP contribution in [0.1, 0.15) is 25.0 Å². The lowest BCUT2D eigenvalue weighted by atomic mass is 10.0. The molecule has 2 unspecified atom stereocenters. The maximum atomic E-state index is 13.0. The van der Waals surface area contributed by atoms with E-state index in [-0.39, 0.29) is 5.78 Å². The smallest absolute Gasteiger partial charge is 0.356 e. The molecule has 21 heavy (non-hydrogen) atoms. The normalized spacial score (nSPS) is 25.8. The Labute approximate surface area is 118 Å². The Morgan fingerprint density at radius 1 is 1.14 bits per heavy atom. The molecule has 1 saturated carbocycles. The number of rotatable bonds is 1. The van der Waals surface area contributed by atoms with Gasteiger partial charge in [0, 0.05) is 19.2 Å². The molecule has 2 aromatic rings. The van der Waals surface area contributed by atoms with Gasteiger partial charge >= 0.3 is 6.18 Å². The van der Waals surface area contributed by atoms with E-state index in [1.54, 1.807) is 0 Å². The molecule has 3 heterocycles. The van der Waals surface area contributed by atoms with Crippen LogP contribution in [0.15, 0.2) is 12.4 Å². The van der Waals surface area contributed by atoms with E-state index in [4.69, 9.17) is 0 Å². The van der Waals surface area contributed by atoms with Crippen LogP contribution in [0.25, 0.3) is 5.78 Å². The Kier molecular flexibility index (Phi) is 2.64. The maximum absolute atomic E-state index is 13.0. The van der Waals surface area contributed by atoms with Crippen molar-refractivity contribution in [3.63, 3.8) is 0 Å². The summed E-state index contributed by atoms with van der Waals surface area (Å²) in [5.74, 6) is 1.62. The number of alkyl halides is 3. The largest absolute Gasteiger partial charge is 0.433 e. The molecule has 0 bridgehead atoms. The molecule has 0 radical (unpaired) electrons. The van der Waals surface area contributed by atoms with Crippen LogP contribution in [-0.4, -0.2) is 32.7 Å². The van der Waals surface area contributed by atoms with E-state index in [1.165, 1.54) is 30.1 Å². The Bertz CT molecular complexity index is 668. The van der Waals surface area contributed by atoms with Gasteiger partial charge in [-0.05, 0) is 24.7 Å². The minimum absolute atomic E-state index is 0.00288. The lowest BCUT2D eigenvalue weighted by molar-refractivity contribution is -0.141. The molecule has 2 fully saturated rings. The lowest BCUT2D eigenvalue weighted by Crippen LogP contribution is -2.25. The molecule has 112 valence electrons. The van der Waals surface area contributed by atoms with E-state index < -0.39 is 11.9 Å². The van der Waals surface area contributed by atoms with Crippen molar-refractivity contribution in [3.05, 3.63) is 18.1 Å². The third kappa shape index (κ3) is 2.04. The molecule has 1 saturated heterocycles. The first-order valence-electron chi connectivity index (χ1n) is 7.05. The van der Waals surface area contributed by atoms with Crippen LogP contribution in [0.3, 0.4) is 0 Å².